The zero-order valence-electron chi connectivity index (χ0n) is 8.16. The summed E-state index contributed by atoms with van der Waals surface area (Å²) in [5.74, 6) is -0.306. The summed E-state index contributed by atoms with van der Waals surface area (Å²) in [6, 6.07) is 1.78. The Hall–Kier alpha value is -1.58. The highest BCUT2D eigenvalue weighted by Crippen LogP contribution is 2.25. The van der Waals surface area contributed by atoms with Gasteiger partial charge in [0, 0.05) is 24.1 Å². The third-order valence-corrected chi connectivity index (χ3v) is 2.26. The molecule has 0 unspecified atom stereocenters. The Kier molecular flexibility index (Phi) is 1.91. The van der Waals surface area contributed by atoms with E-state index in [-0.39, 0.29) is 11.9 Å². The molecule has 2 rings (SSSR count). The fourth-order valence-corrected chi connectivity index (χ4v) is 1.55. The predicted molar refractivity (Wildman–Crippen MR) is 54.5 cm³/mol. The first-order valence-corrected chi connectivity index (χ1v) is 4.51. The minimum Gasteiger partial charge on any atom is -0.398 e. The summed E-state index contributed by atoms with van der Waals surface area (Å²) in [5, 5.41) is 0.418. The Balaban J connectivity index is 2.84. The van der Waals surface area contributed by atoms with Crippen LogP contribution in [0, 0.1) is 5.82 Å². The van der Waals surface area contributed by atoms with Gasteiger partial charge in [-0.2, -0.15) is 0 Å². The van der Waals surface area contributed by atoms with Crippen molar-refractivity contribution >= 4 is 16.7 Å². The molecule has 14 heavy (non-hydrogen) atoms. The predicted octanol–water partition coefficient (Wildman–Crippen LogP) is 2.34. The molecule has 0 amide bonds. The lowest BCUT2D eigenvalue weighted by atomic mass is 10.3. The number of rotatable bonds is 1. The summed E-state index contributed by atoms with van der Waals surface area (Å²) in [5.41, 5.74) is 6.72. The van der Waals surface area contributed by atoms with Crippen molar-refractivity contribution in [1.29, 1.82) is 0 Å². The summed E-state index contributed by atoms with van der Waals surface area (Å²) >= 11 is 0. The Labute approximate surface area is 81.4 Å². The standard InChI is InChI=1S/C10H12FN3/c1-6(2)14-5-7(11)9-8(12)3-4-13-10(9)14/h3-6H,1-2H3,(H2,12,13). The second kappa shape index (κ2) is 2.97. The maximum Gasteiger partial charge on any atom is 0.152 e. The molecule has 0 aliphatic carbocycles. The molecule has 0 saturated carbocycles. The van der Waals surface area contributed by atoms with Gasteiger partial charge in [0.2, 0.25) is 0 Å². The van der Waals surface area contributed by atoms with Gasteiger partial charge in [-0.05, 0) is 19.9 Å². The lowest BCUT2D eigenvalue weighted by Gasteiger charge is -2.07. The van der Waals surface area contributed by atoms with Crippen molar-refractivity contribution in [3.8, 4) is 0 Å². The van der Waals surface area contributed by atoms with Crippen LogP contribution in [0.2, 0.25) is 0 Å². The van der Waals surface area contributed by atoms with E-state index in [9.17, 15) is 4.39 Å². The van der Waals surface area contributed by atoms with E-state index in [1.165, 1.54) is 6.20 Å². The fourth-order valence-electron chi connectivity index (χ4n) is 1.55. The van der Waals surface area contributed by atoms with Gasteiger partial charge in [-0.25, -0.2) is 9.37 Å². The summed E-state index contributed by atoms with van der Waals surface area (Å²) in [7, 11) is 0. The van der Waals surface area contributed by atoms with Crippen LogP contribution in [0.25, 0.3) is 11.0 Å². The van der Waals surface area contributed by atoms with Gasteiger partial charge < -0.3 is 10.3 Å². The van der Waals surface area contributed by atoms with Crippen molar-refractivity contribution in [3.63, 3.8) is 0 Å². The average molecular weight is 193 g/mol. The summed E-state index contributed by atoms with van der Waals surface area (Å²) in [6.07, 6.45) is 3.04. The number of nitrogens with two attached hydrogens (primary N) is 1. The lowest BCUT2D eigenvalue weighted by molar-refractivity contribution is 0.585. The second-order valence-corrected chi connectivity index (χ2v) is 3.58. The van der Waals surface area contributed by atoms with Crippen LogP contribution in [0.4, 0.5) is 10.1 Å². The quantitative estimate of drug-likeness (QED) is 0.755. The van der Waals surface area contributed by atoms with Crippen molar-refractivity contribution in [2.75, 3.05) is 5.73 Å². The number of halogens is 1. The number of hydrogen-bond donors (Lipinski definition) is 1. The number of pyridine rings is 1. The molecule has 3 nitrogen and oxygen atoms in total. The van der Waals surface area contributed by atoms with Crippen LogP contribution in [0.5, 0.6) is 0 Å². The maximum absolute atomic E-state index is 13.5. The van der Waals surface area contributed by atoms with E-state index in [0.717, 1.165) is 0 Å². The summed E-state index contributed by atoms with van der Waals surface area (Å²) in [6.45, 7) is 3.95. The van der Waals surface area contributed by atoms with Crippen LogP contribution in [0.1, 0.15) is 19.9 Å². The van der Waals surface area contributed by atoms with Gasteiger partial charge in [-0.15, -0.1) is 0 Å². The molecule has 2 heterocycles. The molecule has 0 fully saturated rings. The first-order valence-electron chi connectivity index (χ1n) is 4.51. The van der Waals surface area contributed by atoms with E-state index in [2.05, 4.69) is 4.98 Å². The first-order chi connectivity index (χ1) is 6.61. The summed E-state index contributed by atoms with van der Waals surface area (Å²) < 4.78 is 15.3. The molecular weight excluding hydrogens is 181 g/mol. The van der Waals surface area contributed by atoms with Gasteiger partial charge in [-0.3, -0.25) is 0 Å². The highest BCUT2D eigenvalue weighted by molar-refractivity contribution is 5.89. The molecule has 0 aliphatic rings. The SMILES string of the molecule is CC(C)n1cc(F)c2c(N)ccnc21. The van der Waals surface area contributed by atoms with E-state index in [1.807, 2.05) is 13.8 Å². The molecule has 0 atom stereocenters. The minimum atomic E-state index is -0.306. The van der Waals surface area contributed by atoms with Crippen LogP contribution < -0.4 is 5.73 Å². The van der Waals surface area contributed by atoms with Crippen molar-refractivity contribution in [2.45, 2.75) is 19.9 Å². The van der Waals surface area contributed by atoms with Gasteiger partial charge in [0.15, 0.2) is 5.82 Å². The normalized spacial score (nSPS) is 11.4. The Bertz CT molecular complexity index is 473. The van der Waals surface area contributed by atoms with Gasteiger partial charge in [-0.1, -0.05) is 0 Å². The van der Waals surface area contributed by atoms with Crippen molar-refractivity contribution in [1.82, 2.24) is 9.55 Å². The Morgan fingerprint density at radius 1 is 1.50 bits per heavy atom. The third-order valence-electron chi connectivity index (χ3n) is 2.26. The topological polar surface area (TPSA) is 43.8 Å². The van der Waals surface area contributed by atoms with E-state index in [4.69, 9.17) is 5.73 Å². The van der Waals surface area contributed by atoms with E-state index < -0.39 is 0 Å². The zero-order chi connectivity index (χ0) is 10.3. The minimum absolute atomic E-state index is 0.177. The van der Waals surface area contributed by atoms with E-state index >= 15 is 0 Å². The molecular formula is C10H12FN3. The molecule has 0 radical (unpaired) electrons. The van der Waals surface area contributed by atoms with E-state index in [1.54, 1.807) is 16.8 Å². The van der Waals surface area contributed by atoms with Gasteiger partial charge >= 0.3 is 0 Å². The molecule has 74 valence electrons. The van der Waals surface area contributed by atoms with E-state index in [0.29, 0.717) is 16.7 Å². The average Bonchev–Trinajstić information content (AvgIpc) is 2.45. The largest absolute Gasteiger partial charge is 0.398 e. The summed E-state index contributed by atoms with van der Waals surface area (Å²) in [4.78, 5) is 4.13. The lowest BCUT2D eigenvalue weighted by Crippen LogP contribution is -1.99. The second-order valence-electron chi connectivity index (χ2n) is 3.58. The monoisotopic (exact) mass is 193 g/mol. The third kappa shape index (κ3) is 1.14. The Morgan fingerprint density at radius 2 is 2.21 bits per heavy atom. The molecule has 0 bridgehead atoms. The molecule has 0 spiro atoms. The van der Waals surface area contributed by atoms with Gasteiger partial charge in [0.1, 0.15) is 5.65 Å². The van der Waals surface area contributed by atoms with Crippen LogP contribution in [-0.2, 0) is 0 Å². The fraction of sp³-hybridized carbons (Fsp3) is 0.300. The number of aromatic nitrogens is 2. The van der Waals surface area contributed by atoms with Crippen LogP contribution in [0.15, 0.2) is 18.5 Å². The molecule has 2 aromatic rings. The van der Waals surface area contributed by atoms with Crippen molar-refractivity contribution in [3.05, 3.63) is 24.3 Å². The molecule has 0 aliphatic heterocycles. The van der Waals surface area contributed by atoms with Crippen LogP contribution >= 0.6 is 0 Å². The molecule has 2 aromatic heterocycles. The number of nitrogen functional groups attached to an aromatic ring is 1. The number of nitrogens with zero attached hydrogens (tertiary/aromatic N) is 2. The number of hydrogen-bond acceptors (Lipinski definition) is 2. The number of anilines is 1. The maximum atomic E-state index is 13.5. The first kappa shape index (κ1) is 8.99. The van der Waals surface area contributed by atoms with Crippen molar-refractivity contribution < 1.29 is 4.39 Å². The zero-order valence-corrected chi connectivity index (χ0v) is 8.16. The molecule has 2 N–H and O–H groups in total. The molecule has 4 heteroatoms. The van der Waals surface area contributed by atoms with Crippen molar-refractivity contribution in [2.24, 2.45) is 0 Å². The number of fused-ring (bicyclic) bond motifs is 1. The van der Waals surface area contributed by atoms with Gasteiger partial charge in [0.25, 0.3) is 0 Å². The molecule has 0 aromatic carbocycles. The molecule has 0 saturated heterocycles. The highest BCUT2D eigenvalue weighted by atomic mass is 19.1. The van der Waals surface area contributed by atoms with Gasteiger partial charge in [0.05, 0.1) is 5.39 Å². The highest BCUT2D eigenvalue weighted by Gasteiger charge is 2.13. The van der Waals surface area contributed by atoms with Crippen LogP contribution in [0.3, 0.4) is 0 Å². The smallest absolute Gasteiger partial charge is 0.152 e. The Morgan fingerprint density at radius 3 is 2.86 bits per heavy atom. The van der Waals surface area contributed by atoms with Crippen LogP contribution in [-0.4, -0.2) is 9.55 Å².